The van der Waals surface area contributed by atoms with Crippen molar-refractivity contribution in [1.29, 1.82) is 0 Å². The number of carbonyl (C=O) groups excluding carboxylic acids is 4. The number of halogens is 2. The van der Waals surface area contributed by atoms with Gasteiger partial charge in [-0.25, -0.2) is 4.90 Å². The largest absolute Gasteiger partial charge is 0.508 e. The van der Waals surface area contributed by atoms with Gasteiger partial charge in [0.1, 0.15) is 17.3 Å². The topological polar surface area (TPSA) is 125 Å². The highest BCUT2D eigenvalue weighted by Crippen LogP contribution is 2.64. The van der Waals surface area contributed by atoms with Crippen LogP contribution in [0, 0.1) is 36.0 Å². The Bertz CT molecular complexity index is 2820. The summed E-state index contributed by atoms with van der Waals surface area (Å²) in [5, 5.41) is 20.4. The van der Waals surface area contributed by atoms with Crippen molar-refractivity contribution in [2.45, 2.75) is 32.6 Å². The fourth-order valence-corrected chi connectivity index (χ4v) is 11.8. The lowest BCUT2D eigenvalue weighted by Crippen LogP contribution is -2.49. The first kappa shape index (κ1) is 37.5. The van der Waals surface area contributed by atoms with Crippen molar-refractivity contribution in [2.24, 2.45) is 36.1 Å². The first-order chi connectivity index (χ1) is 28.3. The number of nitrogens with one attached hydrogen (secondary N) is 1. The maximum absolute atomic E-state index is 15.2. The van der Waals surface area contributed by atoms with Gasteiger partial charge in [-0.1, -0.05) is 59.1 Å². The maximum Gasteiger partial charge on any atom is 0.242 e. The van der Waals surface area contributed by atoms with Gasteiger partial charge >= 0.3 is 0 Å². The lowest BCUT2D eigenvalue weighted by atomic mass is 9.51. The molecule has 0 radical (unpaired) electrons. The average molecular weight is 843 g/mol. The van der Waals surface area contributed by atoms with E-state index in [1.165, 1.54) is 21.9 Å². The maximum atomic E-state index is 15.2. The van der Waals surface area contributed by atoms with Gasteiger partial charge in [-0.05, 0) is 116 Å². The monoisotopic (exact) mass is 841 g/mol. The minimum atomic E-state index is -1.32. The van der Waals surface area contributed by atoms with E-state index in [0.717, 1.165) is 37.5 Å². The zero-order valence-corrected chi connectivity index (χ0v) is 34.5. The number of phenols is 1. The van der Waals surface area contributed by atoms with Crippen LogP contribution in [-0.4, -0.2) is 38.5 Å². The molecule has 2 N–H and O–H groups in total. The second-order valence-electron chi connectivity index (χ2n) is 16.1. The Balaban J connectivity index is 1.03. The minimum Gasteiger partial charge on any atom is -0.508 e. The van der Waals surface area contributed by atoms with E-state index in [9.17, 15) is 19.5 Å². The molecular weight excluding hydrogens is 806 g/mol. The van der Waals surface area contributed by atoms with E-state index in [4.69, 9.17) is 28.3 Å². The van der Waals surface area contributed by atoms with E-state index < -0.39 is 46.8 Å². The Kier molecular flexibility index (Phi) is 8.68. The number of hydrogen-bond donors (Lipinski definition) is 2. The molecular formula is C46H37Cl2N5O5S. The molecule has 4 heterocycles. The normalized spacial score (nSPS) is 25.0. The molecule has 2 aliphatic heterocycles. The summed E-state index contributed by atoms with van der Waals surface area (Å²) in [6.07, 6.45) is 2.46. The van der Waals surface area contributed by atoms with Gasteiger partial charge in [0.15, 0.2) is 0 Å². The first-order valence-electron chi connectivity index (χ1n) is 19.4. The van der Waals surface area contributed by atoms with Gasteiger partial charge in [0.2, 0.25) is 23.6 Å². The molecule has 10 rings (SSSR count). The van der Waals surface area contributed by atoms with E-state index >= 15 is 4.79 Å². The number of para-hydroxylation sites is 1. The number of aromatic hydroxyl groups is 1. The summed E-state index contributed by atoms with van der Waals surface area (Å²) in [6, 6.07) is 29.1. The summed E-state index contributed by atoms with van der Waals surface area (Å²) in [6.45, 7) is 3.81. The highest BCUT2D eigenvalue weighted by molar-refractivity contribution is 7.22. The molecule has 6 unspecified atom stereocenters. The molecule has 0 bridgehead atoms. The van der Waals surface area contributed by atoms with Crippen molar-refractivity contribution >= 4 is 91.1 Å². The number of nitrogens with zero attached hydrogens (tertiary/aromatic N) is 4. The standard InChI is InChI=1S/C46H37Cl2N5O5S/c1-23-32-19-24(47)9-18-37(32)59-41(23)36-22-38(51(3)50-36)53-43(56)34-21-33-29(40(46(34,2)45(53)58)30-15-14-28(54)20-35(30)48)16-17-31-39(33)44(57)52(42(31)55)27-12-10-26(11-13-27)49-25-7-5-4-6-8-25/h4-16,18-20,22,31,33-34,39-40,49,54H,17,21H2,1-3H3. The Morgan fingerprint density at radius 3 is 2.34 bits per heavy atom. The molecule has 2 saturated heterocycles. The number of allylic oxidation sites excluding steroid dienone is 2. The number of aryl methyl sites for hydroxylation is 2. The molecule has 4 amide bonds. The molecule has 4 aliphatic rings. The molecule has 6 atom stereocenters. The number of anilines is 4. The fraction of sp³-hybridized carbons (Fsp3) is 0.239. The second kappa shape index (κ2) is 13.7. The van der Waals surface area contributed by atoms with Crippen molar-refractivity contribution in [3.63, 3.8) is 0 Å². The number of fused-ring (bicyclic) bond motifs is 5. The van der Waals surface area contributed by atoms with Crippen LogP contribution in [0.3, 0.4) is 0 Å². The van der Waals surface area contributed by atoms with E-state index in [1.807, 2.05) is 80.6 Å². The van der Waals surface area contributed by atoms with Gasteiger partial charge in [0.25, 0.3) is 0 Å². The molecule has 59 heavy (non-hydrogen) atoms. The highest BCUT2D eigenvalue weighted by Gasteiger charge is 2.68. The Morgan fingerprint density at radius 1 is 0.847 bits per heavy atom. The predicted octanol–water partition coefficient (Wildman–Crippen LogP) is 9.80. The molecule has 0 spiro atoms. The van der Waals surface area contributed by atoms with E-state index in [-0.39, 0.29) is 35.4 Å². The van der Waals surface area contributed by atoms with Gasteiger partial charge in [-0.2, -0.15) is 5.10 Å². The summed E-state index contributed by atoms with van der Waals surface area (Å²) in [5.41, 5.74) is 3.84. The average Bonchev–Trinajstić information content (AvgIpc) is 3.89. The number of carbonyl (C=O) groups is 4. The Labute approximate surface area is 353 Å². The third kappa shape index (κ3) is 5.62. The fourth-order valence-electron chi connectivity index (χ4n) is 10.2. The van der Waals surface area contributed by atoms with E-state index in [1.54, 1.807) is 47.3 Å². The summed E-state index contributed by atoms with van der Waals surface area (Å²) in [4.78, 5) is 62.4. The molecule has 2 aliphatic carbocycles. The summed E-state index contributed by atoms with van der Waals surface area (Å²) < 4.78 is 2.60. The molecule has 1 saturated carbocycles. The van der Waals surface area contributed by atoms with Crippen LogP contribution in [0.4, 0.5) is 22.9 Å². The number of hydrogen-bond acceptors (Lipinski definition) is 8. The number of benzene rings is 4. The third-order valence-electron chi connectivity index (χ3n) is 13.0. The van der Waals surface area contributed by atoms with Crippen molar-refractivity contribution in [3.05, 3.63) is 130 Å². The van der Waals surface area contributed by atoms with E-state index in [2.05, 4.69) is 5.32 Å². The zero-order chi connectivity index (χ0) is 41.1. The van der Waals surface area contributed by atoms with Crippen LogP contribution in [0.15, 0.2) is 109 Å². The van der Waals surface area contributed by atoms with Crippen LogP contribution >= 0.6 is 34.5 Å². The number of thiophene rings is 1. The van der Waals surface area contributed by atoms with Crippen molar-refractivity contribution in [3.8, 4) is 16.3 Å². The summed E-state index contributed by atoms with van der Waals surface area (Å²) in [7, 11) is 1.71. The zero-order valence-electron chi connectivity index (χ0n) is 32.1. The first-order valence-corrected chi connectivity index (χ1v) is 21.0. The molecule has 10 nitrogen and oxygen atoms in total. The van der Waals surface area contributed by atoms with Crippen molar-refractivity contribution in [1.82, 2.24) is 9.78 Å². The number of aromatic nitrogens is 2. The lowest BCUT2D eigenvalue weighted by molar-refractivity contribution is -0.131. The lowest BCUT2D eigenvalue weighted by Gasteiger charge is -2.49. The van der Waals surface area contributed by atoms with Crippen molar-refractivity contribution < 1.29 is 24.3 Å². The number of imide groups is 2. The SMILES string of the molecule is Cc1c(-c2cc(N3C(=O)C4CC5C(=CCC6C(=O)N(c7ccc(Nc8ccccc8)cc7)C(=O)C65)C(c5ccc(O)cc5Cl)C4(C)C3=O)n(C)n2)sc2ccc(Cl)cc12. The van der Waals surface area contributed by atoms with Crippen LogP contribution in [0.2, 0.25) is 10.0 Å². The molecule has 296 valence electrons. The van der Waals surface area contributed by atoms with Crippen LogP contribution < -0.4 is 15.1 Å². The van der Waals surface area contributed by atoms with Gasteiger partial charge in [0.05, 0.1) is 33.7 Å². The van der Waals surface area contributed by atoms with Gasteiger partial charge in [-0.15, -0.1) is 11.3 Å². The van der Waals surface area contributed by atoms with E-state index in [0.29, 0.717) is 27.8 Å². The Morgan fingerprint density at radius 2 is 1.59 bits per heavy atom. The van der Waals surface area contributed by atoms with Crippen LogP contribution in [0.1, 0.15) is 36.8 Å². The van der Waals surface area contributed by atoms with Gasteiger partial charge in [-0.3, -0.25) is 28.8 Å². The number of amides is 4. The Hall–Kier alpha value is -5.75. The second-order valence-corrected chi connectivity index (χ2v) is 18.0. The van der Waals surface area contributed by atoms with Gasteiger partial charge < -0.3 is 10.4 Å². The summed E-state index contributed by atoms with van der Waals surface area (Å²) in [5.74, 6) is -4.66. The molecule has 3 fully saturated rings. The van der Waals surface area contributed by atoms with Crippen molar-refractivity contribution in [2.75, 3.05) is 15.1 Å². The molecule has 13 heteroatoms. The van der Waals surface area contributed by atoms with Gasteiger partial charge in [0, 0.05) is 45.2 Å². The summed E-state index contributed by atoms with van der Waals surface area (Å²) >= 11 is 14.8. The number of rotatable bonds is 6. The third-order valence-corrected chi connectivity index (χ3v) is 14.8. The minimum absolute atomic E-state index is 0.0423. The molecule has 2 aromatic heterocycles. The number of phenolic OH excluding ortho intramolecular Hbond substituents is 1. The van der Waals surface area contributed by atoms with Crippen LogP contribution in [0.25, 0.3) is 20.7 Å². The molecule has 4 aromatic carbocycles. The smallest absolute Gasteiger partial charge is 0.242 e. The highest BCUT2D eigenvalue weighted by atomic mass is 35.5. The molecule has 6 aromatic rings. The quantitative estimate of drug-likeness (QED) is 0.126. The van der Waals surface area contributed by atoms with Crippen LogP contribution in [-0.2, 0) is 26.2 Å². The van der Waals surface area contributed by atoms with Crippen LogP contribution in [0.5, 0.6) is 5.75 Å². The predicted molar refractivity (Wildman–Crippen MR) is 230 cm³/mol.